The summed E-state index contributed by atoms with van der Waals surface area (Å²) in [7, 11) is 0. The normalized spacial score (nSPS) is 12.5. The molecule has 0 bridgehead atoms. The van der Waals surface area contributed by atoms with Crippen molar-refractivity contribution in [2.75, 3.05) is 0 Å². The van der Waals surface area contributed by atoms with E-state index in [1.165, 1.54) is 12.1 Å². The summed E-state index contributed by atoms with van der Waals surface area (Å²) in [5.41, 5.74) is 5.25. The van der Waals surface area contributed by atoms with Gasteiger partial charge < -0.3 is 10.8 Å². The zero-order chi connectivity index (χ0) is 10.0. The number of carboxylic acid groups (broad SMARTS) is 1. The molecule has 0 heterocycles. The number of carbonyl (C=O) groups is 1. The largest absolute Gasteiger partial charge is 0.480 e. The fourth-order valence-electron chi connectivity index (χ4n) is 0.887. The molecule has 1 atom stereocenters. The molecular weight excluding hydrogens is 288 g/mol. The molecule has 5 heteroatoms. The molecule has 0 amide bonds. The Bertz CT molecular complexity index is 343. The van der Waals surface area contributed by atoms with Gasteiger partial charge in [0.15, 0.2) is 0 Å². The minimum atomic E-state index is -1.29. The summed E-state index contributed by atoms with van der Waals surface area (Å²) in [6.45, 7) is 0. The number of hydrogen-bond acceptors (Lipinski definition) is 2. The van der Waals surface area contributed by atoms with Crippen LogP contribution in [0.1, 0.15) is 11.6 Å². The number of carboxylic acids is 1. The second-order valence-electron chi connectivity index (χ2n) is 2.48. The van der Waals surface area contributed by atoms with Crippen LogP contribution in [0.15, 0.2) is 18.2 Å². The average Bonchev–Trinajstić information content (AvgIpc) is 2.03. The van der Waals surface area contributed by atoms with Crippen molar-refractivity contribution in [1.29, 1.82) is 0 Å². The molecule has 70 valence electrons. The Labute approximate surface area is 87.9 Å². The zero-order valence-corrected chi connectivity index (χ0v) is 8.66. The van der Waals surface area contributed by atoms with E-state index in [9.17, 15) is 9.18 Å². The van der Waals surface area contributed by atoms with Crippen molar-refractivity contribution in [2.24, 2.45) is 5.73 Å². The van der Waals surface area contributed by atoms with E-state index in [-0.39, 0.29) is 5.56 Å². The van der Waals surface area contributed by atoms with Crippen molar-refractivity contribution < 1.29 is 14.3 Å². The van der Waals surface area contributed by atoms with Gasteiger partial charge in [-0.15, -0.1) is 0 Å². The quantitative estimate of drug-likeness (QED) is 0.813. The number of nitrogens with two attached hydrogens (primary N) is 1. The molecule has 0 aromatic heterocycles. The van der Waals surface area contributed by atoms with Gasteiger partial charge in [0.05, 0.1) is 0 Å². The van der Waals surface area contributed by atoms with Crippen molar-refractivity contribution in [2.45, 2.75) is 6.04 Å². The Morgan fingerprint density at radius 2 is 2.23 bits per heavy atom. The van der Waals surface area contributed by atoms with Gasteiger partial charge in [-0.25, -0.2) is 4.39 Å². The molecule has 1 rings (SSSR count). The van der Waals surface area contributed by atoms with E-state index in [2.05, 4.69) is 0 Å². The van der Waals surface area contributed by atoms with E-state index in [4.69, 9.17) is 10.8 Å². The predicted molar refractivity (Wildman–Crippen MR) is 53.7 cm³/mol. The first-order chi connectivity index (χ1) is 6.02. The summed E-state index contributed by atoms with van der Waals surface area (Å²) < 4.78 is 13.8. The Morgan fingerprint density at radius 3 is 2.69 bits per heavy atom. The number of hydrogen-bond donors (Lipinski definition) is 2. The van der Waals surface area contributed by atoms with Crippen molar-refractivity contribution in [1.82, 2.24) is 0 Å². The third kappa shape index (κ3) is 2.38. The van der Waals surface area contributed by atoms with E-state index < -0.39 is 17.8 Å². The van der Waals surface area contributed by atoms with Gasteiger partial charge in [0.1, 0.15) is 11.9 Å². The molecule has 0 fully saturated rings. The molecule has 0 saturated heterocycles. The lowest BCUT2D eigenvalue weighted by Crippen LogP contribution is -2.21. The summed E-state index contributed by atoms with van der Waals surface area (Å²) in [6.07, 6.45) is 0. The van der Waals surface area contributed by atoms with Gasteiger partial charge in [0, 0.05) is 9.13 Å². The molecule has 3 nitrogen and oxygen atoms in total. The van der Waals surface area contributed by atoms with Crippen LogP contribution in [0.4, 0.5) is 4.39 Å². The Hall–Kier alpha value is -0.690. The lowest BCUT2D eigenvalue weighted by molar-refractivity contribution is -0.138. The zero-order valence-electron chi connectivity index (χ0n) is 6.50. The monoisotopic (exact) mass is 295 g/mol. The minimum Gasteiger partial charge on any atom is -0.480 e. The highest BCUT2D eigenvalue weighted by molar-refractivity contribution is 14.1. The van der Waals surface area contributed by atoms with Gasteiger partial charge in [-0.05, 0) is 34.7 Å². The van der Waals surface area contributed by atoms with Crippen molar-refractivity contribution in [3.05, 3.63) is 33.1 Å². The minimum absolute atomic E-state index is 0.00733. The fourth-order valence-corrected chi connectivity index (χ4v) is 1.34. The predicted octanol–water partition coefficient (Wildman–Crippen LogP) is 1.51. The number of aliphatic carboxylic acids is 1. The molecule has 1 aromatic carbocycles. The van der Waals surface area contributed by atoms with E-state index >= 15 is 0 Å². The van der Waals surface area contributed by atoms with Crippen LogP contribution in [0.2, 0.25) is 0 Å². The molecule has 3 N–H and O–H groups in total. The molecule has 0 unspecified atom stereocenters. The Morgan fingerprint density at radius 1 is 1.62 bits per heavy atom. The van der Waals surface area contributed by atoms with Crippen LogP contribution in [-0.2, 0) is 4.79 Å². The Kier molecular flexibility index (Phi) is 3.21. The number of benzene rings is 1. The van der Waals surface area contributed by atoms with Gasteiger partial charge in [0.25, 0.3) is 0 Å². The molecule has 13 heavy (non-hydrogen) atoms. The molecule has 0 radical (unpaired) electrons. The number of rotatable bonds is 2. The second-order valence-corrected chi connectivity index (χ2v) is 3.73. The molecular formula is C8H7FINO2. The van der Waals surface area contributed by atoms with Crippen molar-refractivity contribution in [3.8, 4) is 0 Å². The first kappa shape index (κ1) is 10.4. The van der Waals surface area contributed by atoms with Gasteiger partial charge in [-0.2, -0.15) is 0 Å². The lowest BCUT2D eigenvalue weighted by Gasteiger charge is -2.07. The third-order valence-electron chi connectivity index (χ3n) is 1.56. The average molecular weight is 295 g/mol. The summed E-state index contributed by atoms with van der Waals surface area (Å²) in [5.74, 6) is -1.82. The van der Waals surface area contributed by atoms with Gasteiger partial charge >= 0.3 is 5.97 Å². The van der Waals surface area contributed by atoms with Crippen molar-refractivity contribution in [3.63, 3.8) is 0 Å². The van der Waals surface area contributed by atoms with Gasteiger partial charge in [0.2, 0.25) is 0 Å². The van der Waals surface area contributed by atoms with E-state index in [1.807, 2.05) is 22.6 Å². The van der Waals surface area contributed by atoms with E-state index in [0.717, 1.165) is 0 Å². The molecule has 0 saturated carbocycles. The summed E-state index contributed by atoms with van der Waals surface area (Å²) in [6, 6.07) is 2.95. The van der Waals surface area contributed by atoms with Crippen LogP contribution in [0.25, 0.3) is 0 Å². The van der Waals surface area contributed by atoms with E-state index in [0.29, 0.717) is 3.57 Å². The summed E-state index contributed by atoms with van der Waals surface area (Å²) in [4.78, 5) is 10.4. The van der Waals surface area contributed by atoms with Crippen LogP contribution >= 0.6 is 22.6 Å². The highest BCUT2D eigenvalue weighted by Crippen LogP contribution is 2.17. The molecule has 0 aliphatic carbocycles. The van der Waals surface area contributed by atoms with Crippen LogP contribution in [0, 0.1) is 9.39 Å². The number of halogens is 2. The maximum absolute atomic E-state index is 13.1. The summed E-state index contributed by atoms with van der Waals surface area (Å²) >= 11 is 1.93. The standard InChI is InChI=1S/C8H7FINO2/c9-6-3-4(10)1-2-5(6)7(11)8(12)13/h1-3,7H,11H2,(H,12,13)/t7-/m0/s1. The maximum Gasteiger partial charge on any atom is 0.325 e. The van der Waals surface area contributed by atoms with Crippen LogP contribution < -0.4 is 5.73 Å². The molecule has 1 aromatic rings. The van der Waals surface area contributed by atoms with Gasteiger partial charge in [-0.1, -0.05) is 6.07 Å². The molecule has 0 aliphatic rings. The summed E-state index contributed by atoms with van der Waals surface area (Å²) in [5, 5.41) is 8.54. The fraction of sp³-hybridized carbons (Fsp3) is 0.125. The van der Waals surface area contributed by atoms with Gasteiger partial charge in [-0.3, -0.25) is 4.79 Å². The second kappa shape index (κ2) is 4.01. The van der Waals surface area contributed by atoms with E-state index in [1.54, 1.807) is 6.07 Å². The first-order valence-electron chi connectivity index (χ1n) is 3.45. The molecule has 0 aliphatic heterocycles. The SMILES string of the molecule is N[C@H](C(=O)O)c1ccc(I)cc1F. The van der Waals surface area contributed by atoms with Crippen LogP contribution in [-0.4, -0.2) is 11.1 Å². The highest BCUT2D eigenvalue weighted by atomic mass is 127. The Balaban J connectivity index is 3.08. The van der Waals surface area contributed by atoms with Crippen LogP contribution in [0.3, 0.4) is 0 Å². The van der Waals surface area contributed by atoms with Crippen LogP contribution in [0.5, 0.6) is 0 Å². The maximum atomic E-state index is 13.1. The van der Waals surface area contributed by atoms with Crippen molar-refractivity contribution >= 4 is 28.6 Å². The lowest BCUT2D eigenvalue weighted by atomic mass is 10.1. The first-order valence-corrected chi connectivity index (χ1v) is 4.53. The molecule has 0 spiro atoms. The topological polar surface area (TPSA) is 63.3 Å². The third-order valence-corrected chi connectivity index (χ3v) is 2.23. The smallest absolute Gasteiger partial charge is 0.325 e. The highest BCUT2D eigenvalue weighted by Gasteiger charge is 2.17.